The first kappa shape index (κ1) is 19.4. The molecule has 144 valence electrons. The van der Waals surface area contributed by atoms with Crippen molar-refractivity contribution in [2.45, 2.75) is 37.7 Å². The number of benzene rings is 2. The quantitative estimate of drug-likeness (QED) is 0.804. The van der Waals surface area contributed by atoms with E-state index < -0.39 is 11.9 Å². The van der Waals surface area contributed by atoms with Crippen LogP contribution in [0.2, 0.25) is 0 Å². The number of halogens is 1. The van der Waals surface area contributed by atoms with Crippen LogP contribution in [0.25, 0.3) is 0 Å². The van der Waals surface area contributed by atoms with Gasteiger partial charge in [-0.3, -0.25) is 4.79 Å². The number of hydrogen-bond donors (Lipinski definition) is 1. The average Bonchev–Trinajstić information content (AvgIpc) is 2.73. The summed E-state index contributed by atoms with van der Waals surface area (Å²) in [5.41, 5.74) is 1.06. The molecule has 0 aliphatic carbocycles. The standard InChI is InChI=1S/C22H26FNO3/c1-2-19(27-20-11-7-6-10-18(20)23)21(25)24-16-22(12-14-26-15-13-22)17-8-4-3-5-9-17/h3-11,19H,2,12-16H2,1H3,(H,24,25)/t19-/m0/s1. The minimum Gasteiger partial charge on any atom is -0.478 e. The van der Waals surface area contributed by atoms with Crippen LogP contribution in [-0.2, 0) is 14.9 Å². The van der Waals surface area contributed by atoms with Gasteiger partial charge in [0.15, 0.2) is 17.7 Å². The second-order valence-corrected chi connectivity index (χ2v) is 6.92. The van der Waals surface area contributed by atoms with E-state index in [0.29, 0.717) is 26.2 Å². The third kappa shape index (κ3) is 4.66. The fraction of sp³-hybridized carbons (Fsp3) is 0.409. The fourth-order valence-electron chi connectivity index (χ4n) is 3.51. The van der Waals surface area contributed by atoms with Crippen molar-refractivity contribution < 1.29 is 18.7 Å². The number of carbonyl (C=O) groups is 1. The SMILES string of the molecule is CC[C@H](Oc1ccccc1F)C(=O)NCC1(c2ccccc2)CCOCC1. The van der Waals surface area contributed by atoms with E-state index in [0.717, 1.165) is 12.8 Å². The molecule has 3 rings (SSSR count). The molecule has 0 saturated carbocycles. The molecular formula is C22H26FNO3. The zero-order valence-electron chi connectivity index (χ0n) is 15.6. The normalized spacial score (nSPS) is 17.1. The number of nitrogens with one attached hydrogen (secondary N) is 1. The summed E-state index contributed by atoms with van der Waals surface area (Å²) in [6.07, 6.45) is 1.43. The third-order valence-electron chi connectivity index (χ3n) is 5.21. The van der Waals surface area contributed by atoms with Crippen LogP contribution in [-0.4, -0.2) is 31.8 Å². The van der Waals surface area contributed by atoms with Crippen molar-refractivity contribution in [3.05, 3.63) is 66.0 Å². The molecule has 1 fully saturated rings. The first-order valence-corrected chi connectivity index (χ1v) is 9.47. The van der Waals surface area contributed by atoms with Gasteiger partial charge in [0.1, 0.15) is 0 Å². The van der Waals surface area contributed by atoms with Gasteiger partial charge in [0, 0.05) is 25.2 Å². The smallest absolute Gasteiger partial charge is 0.261 e. The predicted molar refractivity (Wildman–Crippen MR) is 102 cm³/mol. The lowest BCUT2D eigenvalue weighted by atomic mass is 9.74. The minimum atomic E-state index is -0.727. The fourth-order valence-corrected chi connectivity index (χ4v) is 3.51. The summed E-state index contributed by atoms with van der Waals surface area (Å²) in [5, 5.41) is 3.04. The van der Waals surface area contributed by atoms with E-state index in [4.69, 9.17) is 9.47 Å². The molecule has 1 amide bonds. The van der Waals surface area contributed by atoms with Gasteiger partial charge in [-0.25, -0.2) is 4.39 Å². The van der Waals surface area contributed by atoms with E-state index >= 15 is 0 Å². The largest absolute Gasteiger partial charge is 0.478 e. The molecule has 1 atom stereocenters. The molecule has 2 aromatic carbocycles. The number of hydrogen-bond acceptors (Lipinski definition) is 3. The van der Waals surface area contributed by atoms with Crippen molar-refractivity contribution >= 4 is 5.91 Å². The lowest BCUT2D eigenvalue weighted by Gasteiger charge is -2.38. The Morgan fingerprint density at radius 3 is 2.48 bits per heavy atom. The van der Waals surface area contributed by atoms with Crippen LogP contribution in [0.3, 0.4) is 0 Å². The molecule has 1 aliphatic heterocycles. The van der Waals surface area contributed by atoms with Crippen molar-refractivity contribution in [1.29, 1.82) is 0 Å². The predicted octanol–water partition coefficient (Wildman–Crippen LogP) is 3.85. The van der Waals surface area contributed by atoms with Crippen LogP contribution < -0.4 is 10.1 Å². The van der Waals surface area contributed by atoms with Gasteiger partial charge in [0.2, 0.25) is 0 Å². The highest BCUT2D eigenvalue weighted by molar-refractivity contribution is 5.81. The highest BCUT2D eigenvalue weighted by Gasteiger charge is 2.35. The Hall–Kier alpha value is -2.40. The van der Waals surface area contributed by atoms with Gasteiger partial charge in [-0.05, 0) is 37.0 Å². The van der Waals surface area contributed by atoms with E-state index in [-0.39, 0.29) is 17.1 Å². The van der Waals surface area contributed by atoms with Crippen molar-refractivity contribution in [3.63, 3.8) is 0 Å². The summed E-state index contributed by atoms with van der Waals surface area (Å²) in [4.78, 5) is 12.7. The topological polar surface area (TPSA) is 47.6 Å². The number of ether oxygens (including phenoxy) is 2. The second kappa shape index (κ2) is 9.00. The Balaban J connectivity index is 1.69. The Morgan fingerprint density at radius 1 is 1.15 bits per heavy atom. The Bertz CT molecular complexity index is 744. The Morgan fingerprint density at radius 2 is 1.81 bits per heavy atom. The molecule has 0 bridgehead atoms. The number of para-hydroxylation sites is 1. The molecular weight excluding hydrogens is 345 g/mol. The maximum atomic E-state index is 13.8. The molecule has 0 aromatic heterocycles. The molecule has 0 spiro atoms. The van der Waals surface area contributed by atoms with E-state index in [2.05, 4.69) is 17.4 Å². The van der Waals surface area contributed by atoms with Crippen molar-refractivity contribution in [1.82, 2.24) is 5.32 Å². The zero-order chi connectivity index (χ0) is 19.1. The van der Waals surface area contributed by atoms with Crippen LogP contribution in [0, 0.1) is 5.82 Å². The monoisotopic (exact) mass is 371 g/mol. The maximum Gasteiger partial charge on any atom is 0.261 e. The molecule has 2 aromatic rings. The highest BCUT2D eigenvalue weighted by Crippen LogP contribution is 2.34. The lowest BCUT2D eigenvalue weighted by molar-refractivity contribution is -0.128. The molecule has 0 unspecified atom stereocenters. The average molecular weight is 371 g/mol. The lowest BCUT2D eigenvalue weighted by Crippen LogP contribution is -2.48. The molecule has 1 saturated heterocycles. The second-order valence-electron chi connectivity index (χ2n) is 6.92. The minimum absolute atomic E-state index is 0.100. The summed E-state index contributed by atoms with van der Waals surface area (Å²) in [5.74, 6) is -0.583. The highest BCUT2D eigenvalue weighted by atomic mass is 19.1. The number of carbonyl (C=O) groups excluding carboxylic acids is 1. The van der Waals surface area contributed by atoms with Crippen molar-refractivity contribution in [3.8, 4) is 5.75 Å². The molecule has 4 nitrogen and oxygen atoms in total. The molecule has 5 heteroatoms. The molecule has 1 N–H and O–H groups in total. The molecule has 1 heterocycles. The van der Waals surface area contributed by atoms with E-state index in [1.807, 2.05) is 25.1 Å². The van der Waals surface area contributed by atoms with Gasteiger partial charge >= 0.3 is 0 Å². The van der Waals surface area contributed by atoms with Crippen molar-refractivity contribution in [2.75, 3.05) is 19.8 Å². The summed E-state index contributed by atoms with van der Waals surface area (Å²) in [6, 6.07) is 16.4. The van der Waals surface area contributed by atoms with Crippen LogP contribution in [0.1, 0.15) is 31.7 Å². The Kier molecular flexibility index (Phi) is 6.45. The van der Waals surface area contributed by atoms with Gasteiger partial charge in [0.05, 0.1) is 0 Å². The van der Waals surface area contributed by atoms with E-state index in [1.54, 1.807) is 12.1 Å². The molecule has 0 radical (unpaired) electrons. The van der Waals surface area contributed by atoms with Gasteiger partial charge in [-0.2, -0.15) is 0 Å². The Labute approximate surface area is 159 Å². The third-order valence-corrected chi connectivity index (χ3v) is 5.21. The first-order chi connectivity index (χ1) is 13.1. The van der Waals surface area contributed by atoms with Crippen LogP contribution in [0.4, 0.5) is 4.39 Å². The van der Waals surface area contributed by atoms with E-state index in [1.165, 1.54) is 17.7 Å². The van der Waals surface area contributed by atoms with Gasteiger partial charge < -0.3 is 14.8 Å². The van der Waals surface area contributed by atoms with Crippen LogP contribution in [0.5, 0.6) is 5.75 Å². The van der Waals surface area contributed by atoms with Gasteiger partial charge in [0.25, 0.3) is 5.91 Å². The number of rotatable bonds is 7. The summed E-state index contributed by atoms with van der Waals surface area (Å²) >= 11 is 0. The van der Waals surface area contributed by atoms with E-state index in [9.17, 15) is 9.18 Å². The first-order valence-electron chi connectivity index (χ1n) is 9.47. The molecule has 27 heavy (non-hydrogen) atoms. The summed E-state index contributed by atoms with van der Waals surface area (Å²) in [7, 11) is 0. The van der Waals surface area contributed by atoms with Gasteiger partial charge in [-0.15, -0.1) is 0 Å². The van der Waals surface area contributed by atoms with Crippen LogP contribution in [0.15, 0.2) is 54.6 Å². The summed E-state index contributed by atoms with van der Waals surface area (Å²) < 4.78 is 25.0. The maximum absolute atomic E-state index is 13.8. The van der Waals surface area contributed by atoms with Crippen molar-refractivity contribution in [2.24, 2.45) is 0 Å². The van der Waals surface area contributed by atoms with Crippen LogP contribution >= 0.6 is 0 Å². The summed E-state index contributed by atoms with van der Waals surface area (Å²) in [6.45, 7) is 3.71. The molecule has 1 aliphatic rings. The van der Waals surface area contributed by atoms with Gasteiger partial charge in [-0.1, -0.05) is 49.4 Å². The number of amides is 1. The zero-order valence-corrected chi connectivity index (χ0v) is 15.6.